The largest absolute Gasteiger partial charge is 0.372 e. The molecular formula is C16H18N2O2. The number of rotatable bonds is 6. The quantitative estimate of drug-likeness (QED) is 0.876. The van der Waals surface area contributed by atoms with Gasteiger partial charge in [-0.3, -0.25) is 9.78 Å². The van der Waals surface area contributed by atoms with Crippen molar-refractivity contribution in [1.82, 2.24) is 10.3 Å². The Morgan fingerprint density at radius 1 is 1.20 bits per heavy atom. The van der Waals surface area contributed by atoms with E-state index in [0.29, 0.717) is 6.61 Å². The van der Waals surface area contributed by atoms with Crippen molar-refractivity contribution in [2.75, 3.05) is 13.2 Å². The molecule has 104 valence electrons. The first-order chi connectivity index (χ1) is 9.81. The Balaban J connectivity index is 2.19. The molecule has 0 bridgehead atoms. The molecule has 1 aromatic carbocycles. The van der Waals surface area contributed by atoms with Gasteiger partial charge >= 0.3 is 0 Å². The van der Waals surface area contributed by atoms with Crippen LogP contribution in [0, 0.1) is 0 Å². The summed E-state index contributed by atoms with van der Waals surface area (Å²) < 4.78 is 5.14. The number of nitrogens with zero attached hydrogens (tertiary/aromatic N) is 1. The van der Waals surface area contributed by atoms with Gasteiger partial charge in [0, 0.05) is 12.8 Å². The number of nitrogens with one attached hydrogen (secondary N) is 1. The number of hydrogen-bond acceptors (Lipinski definition) is 3. The van der Waals surface area contributed by atoms with Gasteiger partial charge in [-0.25, -0.2) is 0 Å². The summed E-state index contributed by atoms with van der Waals surface area (Å²) in [5.74, 6) is -0.147. The highest BCUT2D eigenvalue weighted by atomic mass is 16.5. The Kier molecular flexibility index (Phi) is 5.26. The summed E-state index contributed by atoms with van der Waals surface area (Å²) in [6.45, 7) is 2.44. The zero-order chi connectivity index (χ0) is 14.2. The zero-order valence-electron chi connectivity index (χ0n) is 11.5. The Hall–Kier alpha value is -2.20. The predicted molar refractivity (Wildman–Crippen MR) is 77.2 cm³/mol. The maximum atomic E-state index is 11.9. The Bertz CT molecular complexity index is 489. The summed E-state index contributed by atoms with van der Waals surface area (Å²) >= 11 is 0. The average molecular weight is 270 g/mol. The van der Waals surface area contributed by atoms with Gasteiger partial charge < -0.3 is 10.1 Å². The van der Waals surface area contributed by atoms with Crippen LogP contribution in [0.25, 0.3) is 0 Å². The molecule has 0 aliphatic rings. The summed E-state index contributed by atoms with van der Waals surface area (Å²) in [6, 6.07) is 15.2. The van der Waals surface area contributed by atoms with Crippen molar-refractivity contribution in [2.24, 2.45) is 0 Å². The number of hydrogen-bond donors (Lipinski definition) is 1. The highest BCUT2D eigenvalue weighted by Gasteiger charge is 2.17. The van der Waals surface area contributed by atoms with Crippen LogP contribution in [0.4, 0.5) is 0 Å². The van der Waals surface area contributed by atoms with Crippen molar-refractivity contribution in [3.63, 3.8) is 0 Å². The second-order valence-corrected chi connectivity index (χ2v) is 4.30. The lowest BCUT2D eigenvalue weighted by Gasteiger charge is -2.18. The van der Waals surface area contributed by atoms with Crippen molar-refractivity contribution < 1.29 is 9.53 Å². The first-order valence-electron chi connectivity index (χ1n) is 6.64. The summed E-state index contributed by atoms with van der Waals surface area (Å²) in [5.41, 5.74) is 1.81. The first-order valence-corrected chi connectivity index (χ1v) is 6.64. The van der Waals surface area contributed by atoms with E-state index < -0.39 is 0 Å². The number of amides is 1. The van der Waals surface area contributed by atoms with Crippen molar-refractivity contribution in [3.05, 3.63) is 66.0 Å². The molecule has 0 aliphatic heterocycles. The van der Waals surface area contributed by atoms with Gasteiger partial charge in [0.2, 0.25) is 5.91 Å². The van der Waals surface area contributed by atoms with Crippen LogP contribution in [0.2, 0.25) is 0 Å². The fourth-order valence-electron chi connectivity index (χ4n) is 1.92. The van der Waals surface area contributed by atoms with Gasteiger partial charge in [-0.1, -0.05) is 36.4 Å². The molecule has 0 radical (unpaired) electrons. The molecule has 1 atom stereocenters. The fourth-order valence-corrected chi connectivity index (χ4v) is 1.92. The number of pyridine rings is 1. The van der Waals surface area contributed by atoms with Crippen LogP contribution < -0.4 is 5.32 Å². The van der Waals surface area contributed by atoms with E-state index in [-0.39, 0.29) is 18.6 Å². The van der Waals surface area contributed by atoms with E-state index in [4.69, 9.17) is 4.74 Å². The molecular weight excluding hydrogens is 252 g/mol. The molecule has 0 aliphatic carbocycles. The van der Waals surface area contributed by atoms with Gasteiger partial charge in [0.1, 0.15) is 6.61 Å². The number of ether oxygens (including phenoxy) is 1. The molecule has 2 aromatic rings. The van der Waals surface area contributed by atoms with E-state index >= 15 is 0 Å². The fraction of sp³-hybridized carbons (Fsp3) is 0.250. The molecule has 0 spiro atoms. The second kappa shape index (κ2) is 7.40. The second-order valence-electron chi connectivity index (χ2n) is 4.30. The van der Waals surface area contributed by atoms with E-state index in [9.17, 15) is 4.79 Å². The third-order valence-electron chi connectivity index (χ3n) is 2.86. The van der Waals surface area contributed by atoms with E-state index in [1.54, 1.807) is 6.20 Å². The highest BCUT2D eigenvalue weighted by molar-refractivity contribution is 5.78. The molecule has 1 unspecified atom stereocenters. The van der Waals surface area contributed by atoms with Crippen LogP contribution in [0.5, 0.6) is 0 Å². The number of benzene rings is 1. The third-order valence-corrected chi connectivity index (χ3v) is 2.86. The van der Waals surface area contributed by atoms with E-state index in [0.717, 1.165) is 11.3 Å². The third kappa shape index (κ3) is 3.90. The lowest BCUT2D eigenvalue weighted by Crippen LogP contribution is -2.32. The van der Waals surface area contributed by atoms with Gasteiger partial charge in [-0.2, -0.15) is 0 Å². The van der Waals surface area contributed by atoms with Gasteiger partial charge in [0.05, 0.1) is 11.7 Å². The van der Waals surface area contributed by atoms with Crippen LogP contribution in [0.15, 0.2) is 54.7 Å². The zero-order valence-corrected chi connectivity index (χ0v) is 11.5. The molecule has 1 amide bonds. The lowest BCUT2D eigenvalue weighted by atomic mass is 10.0. The summed E-state index contributed by atoms with van der Waals surface area (Å²) in [5, 5.41) is 2.96. The van der Waals surface area contributed by atoms with Crippen LogP contribution in [0.1, 0.15) is 24.2 Å². The predicted octanol–water partition coefficient (Wildman–Crippen LogP) is 2.32. The Morgan fingerprint density at radius 2 is 1.95 bits per heavy atom. The summed E-state index contributed by atoms with van der Waals surface area (Å²) in [6.07, 6.45) is 1.72. The van der Waals surface area contributed by atoms with Crippen LogP contribution in [-0.2, 0) is 9.53 Å². The lowest BCUT2D eigenvalue weighted by molar-refractivity contribution is -0.126. The van der Waals surface area contributed by atoms with Crippen molar-refractivity contribution in [2.45, 2.75) is 13.0 Å². The van der Waals surface area contributed by atoms with E-state index in [2.05, 4.69) is 10.3 Å². The monoisotopic (exact) mass is 270 g/mol. The number of aromatic nitrogens is 1. The van der Waals surface area contributed by atoms with Crippen LogP contribution >= 0.6 is 0 Å². The van der Waals surface area contributed by atoms with Crippen molar-refractivity contribution >= 4 is 5.91 Å². The topological polar surface area (TPSA) is 51.2 Å². The minimum atomic E-state index is -0.259. The standard InChI is InChI=1S/C16H18N2O2/c1-2-20-12-15(19)18-16(13-8-4-3-5-9-13)14-10-6-7-11-17-14/h3-11,16H,2,12H2,1H3,(H,18,19). The molecule has 1 aromatic heterocycles. The SMILES string of the molecule is CCOCC(=O)NC(c1ccccc1)c1ccccn1. The maximum absolute atomic E-state index is 11.9. The molecule has 1 N–H and O–H groups in total. The van der Waals surface area contributed by atoms with Crippen molar-refractivity contribution in [3.8, 4) is 0 Å². The molecule has 2 rings (SSSR count). The maximum Gasteiger partial charge on any atom is 0.246 e. The molecule has 0 saturated carbocycles. The normalized spacial score (nSPS) is 11.8. The number of carbonyl (C=O) groups is 1. The molecule has 4 nitrogen and oxygen atoms in total. The Labute approximate surface area is 118 Å². The van der Waals surface area contributed by atoms with Gasteiger partial charge in [-0.15, -0.1) is 0 Å². The first kappa shape index (κ1) is 14.2. The van der Waals surface area contributed by atoms with E-state index in [1.165, 1.54) is 0 Å². The smallest absolute Gasteiger partial charge is 0.246 e. The average Bonchev–Trinajstić information content (AvgIpc) is 2.52. The molecule has 0 saturated heterocycles. The highest BCUT2D eigenvalue weighted by Crippen LogP contribution is 2.19. The summed E-state index contributed by atoms with van der Waals surface area (Å²) in [7, 11) is 0. The minimum Gasteiger partial charge on any atom is -0.372 e. The molecule has 1 heterocycles. The molecule has 20 heavy (non-hydrogen) atoms. The van der Waals surface area contributed by atoms with Crippen LogP contribution in [0.3, 0.4) is 0 Å². The van der Waals surface area contributed by atoms with Crippen molar-refractivity contribution in [1.29, 1.82) is 0 Å². The van der Waals surface area contributed by atoms with Gasteiger partial charge in [0.15, 0.2) is 0 Å². The van der Waals surface area contributed by atoms with Crippen LogP contribution in [-0.4, -0.2) is 24.1 Å². The minimum absolute atomic E-state index is 0.0622. The summed E-state index contributed by atoms with van der Waals surface area (Å²) in [4.78, 5) is 16.2. The Morgan fingerprint density at radius 3 is 2.60 bits per heavy atom. The van der Waals surface area contributed by atoms with E-state index in [1.807, 2.05) is 55.5 Å². The van der Waals surface area contributed by atoms with Gasteiger partial charge in [0.25, 0.3) is 0 Å². The number of carbonyl (C=O) groups excluding carboxylic acids is 1. The molecule has 4 heteroatoms. The molecule has 0 fully saturated rings. The van der Waals surface area contributed by atoms with Gasteiger partial charge in [-0.05, 0) is 24.6 Å².